The average Bonchev–Trinajstić information content (AvgIpc) is 1.85. The highest BCUT2D eigenvalue weighted by Crippen LogP contribution is 1.90. The van der Waals surface area contributed by atoms with E-state index in [1.807, 2.05) is 19.9 Å². The molecular weight excluding hydrogens is 116 g/mol. The Morgan fingerprint density at radius 3 is 2.78 bits per heavy atom. The lowest BCUT2D eigenvalue weighted by Gasteiger charge is -2.03. The van der Waals surface area contributed by atoms with Gasteiger partial charge in [0.25, 0.3) is 0 Å². The van der Waals surface area contributed by atoms with Gasteiger partial charge < -0.3 is 9.84 Å². The zero-order chi connectivity index (χ0) is 7.11. The van der Waals surface area contributed by atoms with Crippen molar-refractivity contribution in [2.75, 3.05) is 13.2 Å². The molecule has 1 N–H and O–H groups in total. The van der Waals surface area contributed by atoms with Crippen LogP contribution in [0.1, 0.15) is 13.8 Å². The summed E-state index contributed by atoms with van der Waals surface area (Å²) >= 11 is 0. The Hall–Kier alpha value is -0.340. The Balaban J connectivity index is 3.25. The van der Waals surface area contributed by atoms with E-state index in [4.69, 9.17) is 9.84 Å². The summed E-state index contributed by atoms with van der Waals surface area (Å²) < 4.78 is 5.15. The van der Waals surface area contributed by atoms with Crippen molar-refractivity contribution in [3.8, 4) is 0 Å². The van der Waals surface area contributed by atoms with E-state index in [-0.39, 0.29) is 12.7 Å². The molecule has 1 unspecified atom stereocenters. The van der Waals surface area contributed by atoms with Crippen LogP contribution in [0.25, 0.3) is 0 Å². The lowest BCUT2D eigenvalue weighted by atomic mass is 10.3. The molecule has 0 saturated carbocycles. The summed E-state index contributed by atoms with van der Waals surface area (Å²) in [5.41, 5.74) is 0. The highest BCUT2D eigenvalue weighted by Gasteiger charge is 1.90. The molecule has 0 aromatic rings. The Bertz CT molecular complexity index is 79.0. The summed E-state index contributed by atoms with van der Waals surface area (Å²) in [6.45, 7) is 4.70. The van der Waals surface area contributed by atoms with E-state index < -0.39 is 0 Å². The van der Waals surface area contributed by atoms with Gasteiger partial charge in [-0.15, -0.1) is 0 Å². The van der Waals surface area contributed by atoms with Gasteiger partial charge in [0.2, 0.25) is 0 Å². The molecule has 1 atom stereocenters. The van der Waals surface area contributed by atoms with Crippen LogP contribution in [0.3, 0.4) is 0 Å². The highest BCUT2D eigenvalue weighted by molar-refractivity contribution is 4.86. The van der Waals surface area contributed by atoms with E-state index in [1.54, 1.807) is 6.08 Å². The lowest BCUT2D eigenvalue weighted by Crippen LogP contribution is -2.03. The van der Waals surface area contributed by atoms with Crippen molar-refractivity contribution in [3.05, 3.63) is 12.2 Å². The zero-order valence-electron chi connectivity index (χ0n) is 6.00. The number of aliphatic hydroxyl groups is 1. The molecule has 0 aliphatic rings. The third-order valence-electron chi connectivity index (χ3n) is 0.942. The largest absolute Gasteiger partial charge is 0.392 e. The molecule has 0 fully saturated rings. The molecule has 2 nitrogen and oxygen atoms in total. The number of hydrogen-bond acceptors (Lipinski definition) is 2. The summed E-state index contributed by atoms with van der Waals surface area (Å²) in [5, 5.41) is 8.34. The standard InChI is InChI=1S/C7H14O2/c1-3-9-7(2)5-4-6-8/h4-5,7-8H,3,6H2,1-2H3/b5-4+. The third-order valence-corrected chi connectivity index (χ3v) is 0.942. The summed E-state index contributed by atoms with van der Waals surface area (Å²) in [4.78, 5) is 0. The van der Waals surface area contributed by atoms with Gasteiger partial charge in [0.1, 0.15) is 0 Å². The van der Waals surface area contributed by atoms with Gasteiger partial charge in [-0.25, -0.2) is 0 Å². The summed E-state index contributed by atoms with van der Waals surface area (Å²) in [6, 6.07) is 0. The van der Waals surface area contributed by atoms with Crippen LogP contribution in [-0.2, 0) is 4.74 Å². The van der Waals surface area contributed by atoms with Crippen molar-refractivity contribution < 1.29 is 9.84 Å². The Morgan fingerprint density at radius 1 is 1.67 bits per heavy atom. The number of rotatable bonds is 4. The predicted octanol–water partition coefficient (Wildman–Crippen LogP) is 0.960. The Kier molecular flexibility index (Phi) is 5.57. The molecule has 2 heteroatoms. The summed E-state index contributed by atoms with van der Waals surface area (Å²) in [5.74, 6) is 0. The molecule has 0 aromatic heterocycles. The lowest BCUT2D eigenvalue weighted by molar-refractivity contribution is 0.109. The fourth-order valence-corrected chi connectivity index (χ4v) is 0.571. The maximum atomic E-state index is 8.34. The maximum absolute atomic E-state index is 8.34. The second kappa shape index (κ2) is 5.79. The Labute approximate surface area is 56.1 Å². The minimum absolute atomic E-state index is 0.0947. The van der Waals surface area contributed by atoms with E-state index in [0.29, 0.717) is 0 Å². The molecule has 0 bridgehead atoms. The Morgan fingerprint density at radius 2 is 2.33 bits per heavy atom. The molecule has 0 spiro atoms. The summed E-state index contributed by atoms with van der Waals surface area (Å²) in [7, 11) is 0. The minimum atomic E-state index is 0.0947. The number of hydrogen-bond donors (Lipinski definition) is 1. The molecule has 0 aliphatic carbocycles. The minimum Gasteiger partial charge on any atom is -0.392 e. The second-order valence-corrected chi connectivity index (χ2v) is 1.77. The van der Waals surface area contributed by atoms with E-state index in [9.17, 15) is 0 Å². The van der Waals surface area contributed by atoms with E-state index in [2.05, 4.69) is 0 Å². The predicted molar refractivity (Wildman–Crippen MR) is 37.3 cm³/mol. The van der Waals surface area contributed by atoms with Crippen molar-refractivity contribution >= 4 is 0 Å². The fourth-order valence-electron chi connectivity index (χ4n) is 0.571. The molecule has 0 rings (SSSR count). The van der Waals surface area contributed by atoms with Crippen LogP contribution < -0.4 is 0 Å². The number of ether oxygens (including phenoxy) is 1. The summed E-state index contributed by atoms with van der Waals surface area (Å²) in [6.07, 6.45) is 3.64. The van der Waals surface area contributed by atoms with Crippen LogP contribution in [0.2, 0.25) is 0 Å². The van der Waals surface area contributed by atoms with Gasteiger partial charge in [-0.2, -0.15) is 0 Å². The van der Waals surface area contributed by atoms with E-state index >= 15 is 0 Å². The highest BCUT2D eigenvalue weighted by atomic mass is 16.5. The maximum Gasteiger partial charge on any atom is 0.0728 e. The van der Waals surface area contributed by atoms with Gasteiger partial charge in [-0.05, 0) is 13.8 Å². The smallest absolute Gasteiger partial charge is 0.0728 e. The van der Waals surface area contributed by atoms with Crippen molar-refractivity contribution in [1.82, 2.24) is 0 Å². The average molecular weight is 130 g/mol. The first-order chi connectivity index (χ1) is 4.31. The third kappa shape index (κ3) is 5.53. The molecule has 0 heterocycles. The number of aliphatic hydroxyl groups excluding tert-OH is 1. The van der Waals surface area contributed by atoms with Crippen LogP contribution in [0, 0.1) is 0 Å². The quantitative estimate of drug-likeness (QED) is 0.574. The first-order valence-electron chi connectivity index (χ1n) is 3.20. The SMILES string of the molecule is CCOC(C)/C=C/CO. The fraction of sp³-hybridized carbons (Fsp3) is 0.714. The van der Waals surface area contributed by atoms with Crippen LogP contribution in [-0.4, -0.2) is 24.4 Å². The van der Waals surface area contributed by atoms with Gasteiger partial charge >= 0.3 is 0 Å². The van der Waals surface area contributed by atoms with Crippen molar-refractivity contribution in [3.63, 3.8) is 0 Å². The molecule has 0 radical (unpaired) electrons. The van der Waals surface area contributed by atoms with Gasteiger partial charge in [0.05, 0.1) is 12.7 Å². The first kappa shape index (κ1) is 8.66. The van der Waals surface area contributed by atoms with Crippen LogP contribution in [0.5, 0.6) is 0 Å². The molecule has 0 saturated heterocycles. The van der Waals surface area contributed by atoms with Crippen molar-refractivity contribution in [2.45, 2.75) is 20.0 Å². The van der Waals surface area contributed by atoms with Gasteiger partial charge in [-0.3, -0.25) is 0 Å². The van der Waals surface area contributed by atoms with Crippen molar-refractivity contribution in [2.24, 2.45) is 0 Å². The topological polar surface area (TPSA) is 29.5 Å². The van der Waals surface area contributed by atoms with Crippen LogP contribution in [0.15, 0.2) is 12.2 Å². The van der Waals surface area contributed by atoms with Gasteiger partial charge in [0, 0.05) is 6.61 Å². The van der Waals surface area contributed by atoms with E-state index in [0.717, 1.165) is 6.61 Å². The molecule has 0 aliphatic heterocycles. The molecular formula is C7H14O2. The normalized spacial score (nSPS) is 14.6. The molecule has 9 heavy (non-hydrogen) atoms. The molecule has 0 aromatic carbocycles. The monoisotopic (exact) mass is 130 g/mol. The van der Waals surface area contributed by atoms with Crippen LogP contribution >= 0.6 is 0 Å². The second-order valence-electron chi connectivity index (χ2n) is 1.77. The van der Waals surface area contributed by atoms with Crippen LogP contribution in [0.4, 0.5) is 0 Å². The van der Waals surface area contributed by atoms with Gasteiger partial charge in [0.15, 0.2) is 0 Å². The molecule has 54 valence electrons. The van der Waals surface area contributed by atoms with E-state index in [1.165, 1.54) is 0 Å². The first-order valence-corrected chi connectivity index (χ1v) is 3.20. The van der Waals surface area contributed by atoms with Gasteiger partial charge in [-0.1, -0.05) is 12.2 Å². The van der Waals surface area contributed by atoms with Crippen molar-refractivity contribution in [1.29, 1.82) is 0 Å². The zero-order valence-corrected chi connectivity index (χ0v) is 6.00. The molecule has 0 amide bonds.